The molecule has 1 aromatic carbocycles. The monoisotopic (exact) mass is 342 g/mol. The fraction of sp³-hybridized carbons (Fsp3) is 0.526. The average Bonchev–Trinajstić information content (AvgIpc) is 2.91. The van der Waals surface area contributed by atoms with Crippen molar-refractivity contribution in [3.8, 4) is 0 Å². The molecule has 0 saturated carbocycles. The number of hydrogen-bond acceptors (Lipinski definition) is 3. The first-order valence-electron chi connectivity index (χ1n) is 8.89. The Morgan fingerprint density at radius 2 is 1.96 bits per heavy atom. The molecule has 2 N–H and O–H groups in total. The number of piperidine rings is 1. The van der Waals surface area contributed by atoms with Gasteiger partial charge in [0.1, 0.15) is 5.82 Å². The van der Waals surface area contributed by atoms with E-state index in [4.69, 9.17) is 10.7 Å². The topological polar surface area (TPSA) is 81.2 Å². The molecular weight excluding hydrogens is 316 g/mol. The van der Waals surface area contributed by atoms with Gasteiger partial charge in [0.15, 0.2) is 0 Å². The molecule has 2 heterocycles. The lowest BCUT2D eigenvalue weighted by molar-refractivity contribution is -0.134. The van der Waals surface area contributed by atoms with Crippen LogP contribution in [0.2, 0.25) is 0 Å². The van der Waals surface area contributed by atoms with E-state index in [9.17, 15) is 9.59 Å². The third-order valence-corrected chi connectivity index (χ3v) is 5.10. The van der Waals surface area contributed by atoms with Crippen LogP contribution in [0.4, 0.5) is 0 Å². The Balaban J connectivity index is 1.70. The van der Waals surface area contributed by atoms with E-state index in [0.717, 1.165) is 22.4 Å². The predicted molar refractivity (Wildman–Crippen MR) is 97.0 cm³/mol. The van der Waals surface area contributed by atoms with E-state index in [1.54, 1.807) is 0 Å². The van der Waals surface area contributed by atoms with Gasteiger partial charge in [0, 0.05) is 32.0 Å². The number of nitrogens with zero attached hydrogens (tertiary/aromatic N) is 3. The minimum absolute atomic E-state index is 0.0941. The van der Waals surface area contributed by atoms with Crippen LogP contribution in [0.15, 0.2) is 18.2 Å². The van der Waals surface area contributed by atoms with E-state index in [1.807, 2.05) is 30.1 Å². The van der Waals surface area contributed by atoms with Gasteiger partial charge in [0.05, 0.1) is 17.5 Å². The predicted octanol–water partition coefficient (Wildman–Crippen LogP) is 1.96. The van der Waals surface area contributed by atoms with Gasteiger partial charge in [0.2, 0.25) is 11.8 Å². The fourth-order valence-electron chi connectivity index (χ4n) is 3.59. The van der Waals surface area contributed by atoms with Crippen LogP contribution in [0, 0.1) is 5.92 Å². The lowest BCUT2D eigenvalue weighted by Crippen LogP contribution is -2.42. The molecule has 1 aromatic heterocycles. The number of fused-ring (bicyclic) bond motifs is 1. The van der Waals surface area contributed by atoms with E-state index in [2.05, 4.69) is 18.4 Å². The van der Waals surface area contributed by atoms with Gasteiger partial charge in [-0.3, -0.25) is 9.59 Å². The van der Waals surface area contributed by atoms with Crippen molar-refractivity contribution in [3.63, 3.8) is 0 Å². The summed E-state index contributed by atoms with van der Waals surface area (Å²) in [7, 11) is 2.03. The Labute approximate surface area is 148 Å². The maximum absolute atomic E-state index is 12.5. The van der Waals surface area contributed by atoms with Crippen molar-refractivity contribution in [1.82, 2.24) is 14.5 Å². The Morgan fingerprint density at radius 3 is 2.56 bits per heavy atom. The number of likely N-dealkylation sites (tertiary alicyclic amines) is 1. The number of benzene rings is 1. The quantitative estimate of drug-likeness (QED) is 0.922. The Morgan fingerprint density at radius 1 is 1.28 bits per heavy atom. The lowest BCUT2D eigenvalue weighted by Gasteiger charge is -2.30. The molecule has 134 valence electrons. The summed E-state index contributed by atoms with van der Waals surface area (Å²) in [6.07, 6.45) is 1.70. The van der Waals surface area contributed by atoms with Gasteiger partial charge >= 0.3 is 0 Å². The molecule has 1 saturated heterocycles. The molecule has 2 aromatic rings. The molecule has 2 amide bonds. The molecule has 0 radical (unpaired) electrons. The molecular formula is C19H26N4O2. The normalized spacial score (nSPS) is 15.9. The molecule has 0 atom stereocenters. The van der Waals surface area contributed by atoms with Gasteiger partial charge in [-0.05, 0) is 30.5 Å². The number of imidazole rings is 1. The van der Waals surface area contributed by atoms with Gasteiger partial charge in [-0.25, -0.2) is 4.98 Å². The van der Waals surface area contributed by atoms with Crippen LogP contribution in [-0.2, 0) is 23.1 Å². The molecule has 0 aliphatic carbocycles. The Kier molecular flexibility index (Phi) is 4.79. The standard InChI is InChI=1S/C19H26N4O2/c1-12(2)19-21-15-10-13(4-5-16(15)22(19)3)11-17(24)23-8-6-14(7-9-23)18(20)25/h4-5,10,12,14H,6-9,11H2,1-3H3,(H2,20,25). The van der Waals surface area contributed by atoms with Crippen molar-refractivity contribution in [1.29, 1.82) is 0 Å². The number of carbonyl (C=O) groups excluding carboxylic acids is 2. The largest absolute Gasteiger partial charge is 0.369 e. The highest BCUT2D eigenvalue weighted by molar-refractivity contribution is 5.83. The average molecular weight is 342 g/mol. The summed E-state index contributed by atoms with van der Waals surface area (Å²) in [6, 6.07) is 6.05. The van der Waals surface area contributed by atoms with E-state index in [1.165, 1.54) is 0 Å². The first kappa shape index (κ1) is 17.5. The van der Waals surface area contributed by atoms with Gasteiger partial charge in [-0.2, -0.15) is 0 Å². The van der Waals surface area contributed by atoms with Crippen LogP contribution in [0.1, 0.15) is 44.0 Å². The number of amides is 2. The minimum atomic E-state index is -0.256. The molecule has 1 aliphatic rings. The zero-order valence-corrected chi connectivity index (χ0v) is 15.2. The van der Waals surface area contributed by atoms with Crippen LogP contribution in [0.5, 0.6) is 0 Å². The van der Waals surface area contributed by atoms with E-state index < -0.39 is 0 Å². The highest BCUT2D eigenvalue weighted by atomic mass is 16.2. The second-order valence-electron chi connectivity index (χ2n) is 7.24. The van der Waals surface area contributed by atoms with Crippen molar-refractivity contribution in [3.05, 3.63) is 29.6 Å². The van der Waals surface area contributed by atoms with E-state index >= 15 is 0 Å². The first-order chi connectivity index (χ1) is 11.9. The Bertz CT molecular complexity index is 801. The van der Waals surface area contributed by atoms with Crippen LogP contribution in [0.25, 0.3) is 11.0 Å². The number of carbonyl (C=O) groups is 2. The Hall–Kier alpha value is -2.37. The molecule has 0 unspecified atom stereocenters. The number of hydrogen-bond donors (Lipinski definition) is 1. The molecule has 0 spiro atoms. The zero-order valence-electron chi connectivity index (χ0n) is 15.2. The van der Waals surface area contributed by atoms with Crippen molar-refractivity contribution in [2.45, 2.75) is 39.0 Å². The second kappa shape index (κ2) is 6.86. The summed E-state index contributed by atoms with van der Waals surface area (Å²) in [4.78, 5) is 30.3. The highest BCUT2D eigenvalue weighted by Crippen LogP contribution is 2.22. The van der Waals surface area contributed by atoms with Crippen LogP contribution < -0.4 is 5.73 Å². The molecule has 0 bridgehead atoms. The van der Waals surface area contributed by atoms with Crippen LogP contribution >= 0.6 is 0 Å². The smallest absolute Gasteiger partial charge is 0.226 e. The lowest BCUT2D eigenvalue weighted by atomic mass is 9.96. The van der Waals surface area contributed by atoms with Gasteiger partial charge in [0.25, 0.3) is 0 Å². The second-order valence-corrected chi connectivity index (χ2v) is 7.24. The van der Waals surface area contributed by atoms with Gasteiger partial charge in [-0.1, -0.05) is 19.9 Å². The number of rotatable bonds is 4. The number of nitrogens with two attached hydrogens (primary N) is 1. The fourth-order valence-corrected chi connectivity index (χ4v) is 3.59. The zero-order chi connectivity index (χ0) is 18.1. The van der Waals surface area contributed by atoms with Crippen molar-refractivity contribution in [2.75, 3.05) is 13.1 Å². The molecule has 6 nitrogen and oxygen atoms in total. The summed E-state index contributed by atoms with van der Waals surface area (Å²) in [5.41, 5.74) is 8.34. The minimum Gasteiger partial charge on any atom is -0.369 e. The van der Waals surface area contributed by atoms with Gasteiger partial charge < -0.3 is 15.2 Å². The van der Waals surface area contributed by atoms with E-state index in [-0.39, 0.29) is 17.7 Å². The molecule has 6 heteroatoms. The number of aryl methyl sites for hydroxylation is 1. The maximum atomic E-state index is 12.5. The summed E-state index contributed by atoms with van der Waals surface area (Å²) in [5, 5.41) is 0. The van der Waals surface area contributed by atoms with E-state index in [0.29, 0.717) is 38.3 Å². The van der Waals surface area contributed by atoms with Gasteiger partial charge in [-0.15, -0.1) is 0 Å². The SMILES string of the molecule is CC(C)c1nc2cc(CC(=O)N3CCC(C(N)=O)CC3)ccc2n1C. The molecule has 25 heavy (non-hydrogen) atoms. The molecule has 1 fully saturated rings. The maximum Gasteiger partial charge on any atom is 0.226 e. The van der Waals surface area contributed by atoms with Crippen molar-refractivity contribution in [2.24, 2.45) is 18.7 Å². The third-order valence-electron chi connectivity index (χ3n) is 5.10. The summed E-state index contributed by atoms with van der Waals surface area (Å²) >= 11 is 0. The third kappa shape index (κ3) is 3.52. The summed E-state index contributed by atoms with van der Waals surface area (Å²) < 4.78 is 2.11. The molecule has 1 aliphatic heterocycles. The van der Waals surface area contributed by atoms with Crippen molar-refractivity contribution < 1.29 is 9.59 Å². The number of primary amides is 1. The number of aromatic nitrogens is 2. The van der Waals surface area contributed by atoms with Crippen LogP contribution in [-0.4, -0.2) is 39.4 Å². The highest BCUT2D eigenvalue weighted by Gasteiger charge is 2.25. The summed E-state index contributed by atoms with van der Waals surface area (Å²) in [6.45, 7) is 5.47. The first-order valence-corrected chi connectivity index (χ1v) is 8.89. The van der Waals surface area contributed by atoms with Crippen LogP contribution in [0.3, 0.4) is 0 Å². The summed E-state index contributed by atoms with van der Waals surface area (Å²) in [5.74, 6) is 1.15. The van der Waals surface area contributed by atoms with Crippen molar-refractivity contribution >= 4 is 22.8 Å². The molecule has 3 rings (SSSR count).